The molecule has 0 bridgehead atoms. The van der Waals surface area contributed by atoms with Gasteiger partial charge in [-0.15, -0.1) is 0 Å². The van der Waals surface area contributed by atoms with E-state index in [1.807, 2.05) is 6.08 Å². The molecule has 3 N–H and O–H groups in total. The largest absolute Gasteiger partial charge is 0.466 e. The van der Waals surface area contributed by atoms with E-state index in [1.165, 1.54) is 424 Å². The lowest BCUT2D eigenvalue weighted by Crippen LogP contribution is -2.45. The standard InChI is InChI=1S/C84H165NO5/c1-3-5-7-9-11-13-15-17-19-21-22-42-45-48-52-56-60-64-68-72-76-82(87)81(80-86)85-83(88)77-73-69-65-61-57-53-49-46-43-40-38-36-34-32-30-28-26-24-23-25-27-29-31-33-35-37-39-41-44-47-51-55-59-63-67-71-75-79-90-84(89)78-74-70-66-62-58-54-50-20-18-16-14-12-10-8-6-4-2/h72,76,81-82,86-87H,3-71,73-75,77-80H2,1-2H3,(H,85,88)/b76-72+. The Balaban J connectivity index is 3.31. The molecule has 0 rings (SSSR count). The third-order valence-electron chi connectivity index (χ3n) is 20.1. The van der Waals surface area contributed by atoms with E-state index in [1.54, 1.807) is 6.08 Å². The maximum atomic E-state index is 12.5. The van der Waals surface area contributed by atoms with Gasteiger partial charge in [0, 0.05) is 12.8 Å². The van der Waals surface area contributed by atoms with Crippen molar-refractivity contribution in [3.63, 3.8) is 0 Å². The van der Waals surface area contributed by atoms with Crippen LogP contribution in [0.5, 0.6) is 0 Å². The van der Waals surface area contributed by atoms with Gasteiger partial charge in [-0.25, -0.2) is 0 Å². The van der Waals surface area contributed by atoms with E-state index in [4.69, 9.17) is 4.74 Å². The minimum absolute atomic E-state index is 0.0280. The summed E-state index contributed by atoms with van der Waals surface area (Å²) in [7, 11) is 0. The van der Waals surface area contributed by atoms with Crippen LogP contribution in [0.3, 0.4) is 0 Å². The first-order valence-electron chi connectivity index (χ1n) is 42.0. The Kier molecular flexibility index (Phi) is 78.8. The van der Waals surface area contributed by atoms with Gasteiger partial charge in [-0.1, -0.05) is 456 Å². The Hall–Kier alpha value is -1.40. The SMILES string of the molecule is CCCCCCCCCCCCCCCCCCCC/C=C/C(O)C(CO)NC(=O)CCCCCCCCCCCCCCCCCCCCCCCCCCCCCCCCCCCCCCCOC(=O)CCCCCCCCCCCCCCCCCC. The van der Waals surface area contributed by atoms with Crippen molar-refractivity contribution in [1.82, 2.24) is 5.32 Å². The zero-order valence-corrected chi connectivity index (χ0v) is 61.7. The minimum atomic E-state index is -0.841. The topological polar surface area (TPSA) is 95.9 Å². The van der Waals surface area contributed by atoms with Gasteiger partial charge < -0.3 is 20.3 Å². The summed E-state index contributed by atoms with van der Waals surface area (Å²) in [6.07, 6.45) is 102. The number of esters is 1. The molecule has 0 aromatic heterocycles. The molecule has 0 saturated carbocycles. The van der Waals surface area contributed by atoms with Crippen molar-refractivity contribution in [3.8, 4) is 0 Å². The van der Waals surface area contributed by atoms with Crippen molar-refractivity contribution in [2.45, 2.75) is 501 Å². The van der Waals surface area contributed by atoms with E-state index in [0.29, 0.717) is 19.4 Å². The molecule has 0 aliphatic heterocycles. The molecule has 0 aromatic carbocycles. The summed E-state index contributed by atoms with van der Waals surface area (Å²) >= 11 is 0. The van der Waals surface area contributed by atoms with Gasteiger partial charge in [0.2, 0.25) is 5.91 Å². The van der Waals surface area contributed by atoms with Gasteiger partial charge in [0.1, 0.15) is 0 Å². The second-order valence-corrected chi connectivity index (χ2v) is 29.2. The van der Waals surface area contributed by atoms with Gasteiger partial charge in [0.25, 0.3) is 0 Å². The van der Waals surface area contributed by atoms with Gasteiger partial charge in [-0.2, -0.15) is 0 Å². The van der Waals surface area contributed by atoms with Gasteiger partial charge in [0.05, 0.1) is 25.4 Å². The molecule has 2 atom stereocenters. The highest BCUT2D eigenvalue weighted by molar-refractivity contribution is 5.76. The average Bonchev–Trinajstić information content (AvgIpc) is 3.58. The molecule has 0 aromatic rings. The first kappa shape index (κ1) is 88.6. The first-order chi connectivity index (χ1) is 44.5. The lowest BCUT2D eigenvalue weighted by molar-refractivity contribution is -0.143. The summed E-state index contributed by atoms with van der Waals surface area (Å²) in [4.78, 5) is 24.7. The van der Waals surface area contributed by atoms with Crippen molar-refractivity contribution in [2.24, 2.45) is 0 Å². The fourth-order valence-corrected chi connectivity index (χ4v) is 13.7. The van der Waals surface area contributed by atoms with Crippen LogP contribution in [0.2, 0.25) is 0 Å². The Bertz CT molecular complexity index is 1370. The van der Waals surface area contributed by atoms with Crippen LogP contribution in [0.4, 0.5) is 0 Å². The smallest absolute Gasteiger partial charge is 0.305 e. The lowest BCUT2D eigenvalue weighted by Gasteiger charge is -2.20. The summed E-state index contributed by atoms with van der Waals surface area (Å²) in [5.41, 5.74) is 0. The zero-order valence-electron chi connectivity index (χ0n) is 61.7. The Labute approximate surface area is 565 Å². The molecule has 0 heterocycles. The van der Waals surface area contributed by atoms with E-state index < -0.39 is 12.1 Å². The number of carbonyl (C=O) groups excluding carboxylic acids is 2. The van der Waals surface area contributed by atoms with E-state index in [9.17, 15) is 19.8 Å². The number of nitrogens with one attached hydrogen (secondary N) is 1. The molecule has 2 unspecified atom stereocenters. The summed E-state index contributed by atoms with van der Waals surface area (Å²) in [6.45, 7) is 4.97. The number of unbranched alkanes of at least 4 members (excludes halogenated alkanes) is 69. The fourth-order valence-electron chi connectivity index (χ4n) is 13.7. The van der Waals surface area contributed by atoms with E-state index in [-0.39, 0.29) is 18.5 Å². The molecule has 0 aliphatic carbocycles. The molecule has 536 valence electrons. The summed E-state index contributed by atoms with van der Waals surface area (Å²) in [6, 6.07) is -0.624. The molecule has 90 heavy (non-hydrogen) atoms. The maximum absolute atomic E-state index is 12.5. The quantitative estimate of drug-likeness (QED) is 0.0320. The summed E-state index contributed by atoms with van der Waals surface area (Å²) < 4.78 is 5.52. The number of rotatable bonds is 80. The van der Waals surface area contributed by atoms with Gasteiger partial charge in [0.15, 0.2) is 0 Å². The molecule has 0 saturated heterocycles. The third kappa shape index (κ3) is 75.6. The van der Waals surface area contributed by atoms with Gasteiger partial charge >= 0.3 is 5.97 Å². The van der Waals surface area contributed by atoms with E-state index >= 15 is 0 Å². The molecule has 1 amide bonds. The van der Waals surface area contributed by atoms with Crippen molar-refractivity contribution < 1.29 is 24.5 Å². The van der Waals surface area contributed by atoms with Crippen LogP contribution in [0.25, 0.3) is 0 Å². The Morgan fingerprint density at radius 3 is 0.756 bits per heavy atom. The van der Waals surface area contributed by atoms with Crippen LogP contribution in [0.1, 0.15) is 489 Å². The monoisotopic (exact) mass is 1270 g/mol. The van der Waals surface area contributed by atoms with Crippen LogP contribution in [0, 0.1) is 0 Å². The predicted molar refractivity (Wildman–Crippen MR) is 398 cm³/mol. The molecular weight excluding hydrogens is 1100 g/mol. The number of allylic oxidation sites excluding steroid dienone is 1. The molecule has 0 spiro atoms. The summed E-state index contributed by atoms with van der Waals surface area (Å²) in [5, 5.41) is 23.3. The number of carbonyl (C=O) groups is 2. The number of hydrogen-bond donors (Lipinski definition) is 3. The van der Waals surface area contributed by atoms with Crippen LogP contribution in [0.15, 0.2) is 12.2 Å². The normalized spacial score (nSPS) is 12.4. The molecule has 0 fully saturated rings. The van der Waals surface area contributed by atoms with Gasteiger partial charge in [-0.05, 0) is 32.1 Å². The molecule has 6 heteroatoms. The van der Waals surface area contributed by atoms with Crippen LogP contribution in [-0.4, -0.2) is 47.4 Å². The Morgan fingerprint density at radius 1 is 0.300 bits per heavy atom. The van der Waals surface area contributed by atoms with Crippen LogP contribution in [-0.2, 0) is 14.3 Å². The molecule has 0 aliphatic rings. The van der Waals surface area contributed by atoms with Crippen molar-refractivity contribution in [1.29, 1.82) is 0 Å². The van der Waals surface area contributed by atoms with E-state index in [2.05, 4.69) is 19.2 Å². The highest BCUT2D eigenvalue weighted by atomic mass is 16.5. The number of ether oxygens (including phenoxy) is 1. The van der Waals surface area contributed by atoms with E-state index in [0.717, 1.165) is 38.5 Å². The summed E-state index contributed by atoms with van der Waals surface area (Å²) in [5.74, 6) is -0.0290. The second kappa shape index (κ2) is 80.0. The first-order valence-corrected chi connectivity index (χ1v) is 42.0. The number of amides is 1. The maximum Gasteiger partial charge on any atom is 0.305 e. The van der Waals surface area contributed by atoms with Crippen LogP contribution < -0.4 is 5.32 Å². The number of hydrogen-bond acceptors (Lipinski definition) is 5. The predicted octanol–water partition coefficient (Wildman–Crippen LogP) is 27.8. The minimum Gasteiger partial charge on any atom is -0.466 e. The zero-order chi connectivity index (χ0) is 64.9. The van der Waals surface area contributed by atoms with Crippen molar-refractivity contribution >= 4 is 11.9 Å². The average molecular weight is 1270 g/mol. The highest BCUT2D eigenvalue weighted by Gasteiger charge is 2.18. The molecular formula is C84H165NO5. The second-order valence-electron chi connectivity index (χ2n) is 29.2. The Morgan fingerprint density at radius 2 is 0.511 bits per heavy atom. The third-order valence-corrected chi connectivity index (χ3v) is 20.1. The highest BCUT2D eigenvalue weighted by Crippen LogP contribution is 2.21. The number of aliphatic hydroxyl groups excluding tert-OH is 2. The number of aliphatic hydroxyl groups is 2. The van der Waals surface area contributed by atoms with Crippen molar-refractivity contribution in [2.75, 3.05) is 13.2 Å². The molecule has 6 nitrogen and oxygen atoms in total. The lowest BCUT2D eigenvalue weighted by atomic mass is 10.0. The van der Waals surface area contributed by atoms with Gasteiger partial charge in [-0.3, -0.25) is 9.59 Å². The van der Waals surface area contributed by atoms with Crippen LogP contribution >= 0.6 is 0 Å². The van der Waals surface area contributed by atoms with Crippen molar-refractivity contribution in [3.05, 3.63) is 12.2 Å². The fraction of sp³-hybridized carbons (Fsp3) is 0.952. The molecule has 0 radical (unpaired) electrons.